The van der Waals surface area contributed by atoms with Crippen LogP contribution in [0.4, 0.5) is 23.4 Å². The minimum atomic E-state index is -4.88. The molecule has 1 aliphatic carbocycles. The number of aliphatic hydroxyl groups is 1. The fraction of sp³-hybridized carbons (Fsp3) is 0.238. The first kappa shape index (κ1) is 22.7. The lowest BCUT2D eigenvalue weighted by molar-refractivity contribution is -0.141. The largest absolute Gasteiger partial charge is 0.436 e. The molecule has 170 valence electrons. The molecule has 1 aliphatic heterocycles. The number of fused-ring (bicyclic) bond motifs is 1. The first-order chi connectivity index (χ1) is 15.6. The van der Waals surface area contributed by atoms with Crippen LogP contribution in [0.2, 0.25) is 0 Å². The Kier molecular flexibility index (Phi) is 5.59. The maximum atomic E-state index is 14.6. The van der Waals surface area contributed by atoms with Crippen molar-refractivity contribution < 1.29 is 22.7 Å². The molecule has 33 heavy (non-hydrogen) atoms. The summed E-state index contributed by atoms with van der Waals surface area (Å²) >= 11 is 5.86. The number of aryl methyl sites for hydroxylation is 1. The highest BCUT2D eigenvalue weighted by molar-refractivity contribution is 6.36. The van der Waals surface area contributed by atoms with Crippen molar-refractivity contribution in [3.63, 3.8) is 0 Å². The Morgan fingerprint density at radius 3 is 2.64 bits per heavy atom. The predicted molar refractivity (Wildman–Crippen MR) is 114 cm³/mol. The van der Waals surface area contributed by atoms with E-state index in [2.05, 4.69) is 21.7 Å². The Labute approximate surface area is 189 Å². The molecule has 2 aliphatic rings. The number of rotatable bonds is 3. The number of aromatic nitrogens is 3. The van der Waals surface area contributed by atoms with Gasteiger partial charge >= 0.3 is 6.18 Å². The minimum Gasteiger partial charge on any atom is -0.389 e. The molecule has 2 aromatic rings. The molecule has 4 rings (SSSR count). The van der Waals surface area contributed by atoms with E-state index in [1.807, 2.05) is 0 Å². The van der Waals surface area contributed by atoms with Gasteiger partial charge in [0.2, 0.25) is 0 Å². The summed E-state index contributed by atoms with van der Waals surface area (Å²) in [5.74, 6) is -0.613. The topological polar surface area (TPSA) is 89.8 Å². The number of aliphatic imine (C=N–C) groups is 1. The molecule has 0 spiro atoms. The molecule has 0 unspecified atom stereocenters. The van der Waals surface area contributed by atoms with Crippen molar-refractivity contribution in [1.82, 2.24) is 14.6 Å². The Morgan fingerprint density at radius 1 is 1.36 bits per heavy atom. The fourth-order valence-corrected chi connectivity index (χ4v) is 3.76. The molecule has 1 saturated heterocycles. The van der Waals surface area contributed by atoms with E-state index in [0.29, 0.717) is 5.56 Å². The van der Waals surface area contributed by atoms with Gasteiger partial charge in [-0.15, -0.1) is 0 Å². The quantitative estimate of drug-likeness (QED) is 0.672. The van der Waals surface area contributed by atoms with Crippen LogP contribution >= 0.6 is 11.6 Å². The summed E-state index contributed by atoms with van der Waals surface area (Å²) in [6.45, 7) is 5.26. The molecule has 2 aromatic heterocycles. The van der Waals surface area contributed by atoms with Gasteiger partial charge < -0.3 is 10.0 Å². The highest BCUT2D eigenvalue weighted by Crippen LogP contribution is 2.37. The summed E-state index contributed by atoms with van der Waals surface area (Å²) in [6.07, 6.45) is -0.120. The molecule has 12 heteroatoms. The lowest BCUT2D eigenvalue weighted by Gasteiger charge is -2.38. The molecule has 0 bridgehead atoms. The second-order valence-corrected chi connectivity index (χ2v) is 7.72. The van der Waals surface area contributed by atoms with Crippen molar-refractivity contribution in [2.24, 2.45) is 4.99 Å². The Balaban J connectivity index is 2.03. The predicted octanol–water partition coefficient (Wildman–Crippen LogP) is 4.07. The first-order valence-electron chi connectivity index (χ1n) is 9.55. The molecule has 0 amide bonds. The van der Waals surface area contributed by atoms with Crippen LogP contribution in [0.25, 0.3) is 11.7 Å². The van der Waals surface area contributed by atoms with Gasteiger partial charge in [-0.25, -0.2) is 9.37 Å². The molecular formula is C21H15ClF4N6O. The summed E-state index contributed by atoms with van der Waals surface area (Å²) in [6, 6.07) is 1.54. The maximum absolute atomic E-state index is 14.6. The number of nitriles is 1. The van der Waals surface area contributed by atoms with Gasteiger partial charge in [-0.3, -0.25) is 4.99 Å². The van der Waals surface area contributed by atoms with Crippen molar-refractivity contribution in [2.45, 2.75) is 19.2 Å². The SMILES string of the molecule is C=CN=C1C(F)=C(Cl)C=C/C1=C\c1c(C)nc2c(C#N)c(C(F)(F)F)nn2c1N1CC(O)C1. The number of aliphatic hydroxyl groups excluding tert-OH is 1. The minimum absolute atomic E-state index is 0.110. The van der Waals surface area contributed by atoms with E-state index >= 15 is 0 Å². The molecule has 7 nitrogen and oxygen atoms in total. The smallest absolute Gasteiger partial charge is 0.389 e. The van der Waals surface area contributed by atoms with Crippen molar-refractivity contribution in [1.29, 1.82) is 5.26 Å². The summed E-state index contributed by atoms with van der Waals surface area (Å²) in [4.78, 5) is 9.72. The van der Waals surface area contributed by atoms with E-state index in [9.17, 15) is 27.9 Å². The number of allylic oxidation sites excluding steroid dienone is 5. The number of anilines is 1. The van der Waals surface area contributed by atoms with Crippen molar-refractivity contribution in [2.75, 3.05) is 18.0 Å². The van der Waals surface area contributed by atoms with Crippen LogP contribution in [-0.2, 0) is 6.18 Å². The summed E-state index contributed by atoms with van der Waals surface area (Å²) in [5.41, 5.74) is -1.60. The maximum Gasteiger partial charge on any atom is 0.436 e. The summed E-state index contributed by atoms with van der Waals surface area (Å²) < 4.78 is 56.1. The van der Waals surface area contributed by atoms with Gasteiger partial charge in [0.1, 0.15) is 23.2 Å². The van der Waals surface area contributed by atoms with Crippen molar-refractivity contribution in [3.8, 4) is 6.07 Å². The number of alkyl halides is 3. The van der Waals surface area contributed by atoms with Crippen LogP contribution in [0.5, 0.6) is 0 Å². The monoisotopic (exact) mass is 478 g/mol. The molecule has 3 heterocycles. The van der Waals surface area contributed by atoms with Crippen LogP contribution in [0.3, 0.4) is 0 Å². The van der Waals surface area contributed by atoms with Gasteiger partial charge in [-0.1, -0.05) is 24.3 Å². The Morgan fingerprint density at radius 2 is 2.06 bits per heavy atom. The van der Waals surface area contributed by atoms with Crippen LogP contribution in [0.1, 0.15) is 22.5 Å². The molecule has 0 radical (unpaired) electrons. The number of halogens is 5. The molecule has 0 atom stereocenters. The van der Waals surface area contributed by atoms with Crippen molar-refractivity contribution >= 4 is 34.9 Å². The van der Waals surface area contributed by atoms with Crippen LogP contribution in [-0.4, -0.2) is 44.6 Å². The van der Waals surface area contributed by atoms with E-state index < -0.39 is 29.4 Å². The molecule has 1 N–H and O–H groups in total. The highest BCUT2D eigenvalue weighted by Gasteiger charge is 2.40. The zero-order chi connectivity index (χ0) is 24.1. The second-order valence-electron chi connectivity index (χ2n) is 7.32. The standard InChI is InChI=1S/C21H15ClF4N6O/c1-3-28-17-11(4-5-15(22)16(17)23)6-13-10(2)29-19-14(7-27)18(21(24,25)26)30-32(19)20(13)31-8-12(33)9-31/h3-6,12,33H,1,8-9H2,2H3/b11-6+,28-17?. The molecule has 0 saturated carbocycles. The van der Waals surface area contributed by atoms with E-state index in [0.717, 1.165) is 10.7 Å². The van der Waals surface area contributed by atoms with Gasteiger partial charge in [0, 0.05) is 30.4 Å². The third kappa shape index (κ3) is 3.81. The lowest BCUT2D eigenvalue weighted by atomic mass is 9.99. The Bertz CT molecular complexity index is 1340. The third-order valence-electron chi connectivity index (χ3n) is 5.13. The van der Waals surface area contributed by atoms with Gasteiger partial charge in [0.25, 0.3) is 0 Å². The van der Waals surface area contributed by atoms with Crippen molar-refractivity contribution in [3.05, 3.63) is 63.9 Å². The van der Waals surface area contributed by atoms with Crippen LogP contribution in [0, 0.1) is 18.3 Å². The second kappa shape index (κ2) is 8.13. The number of β-amino-alcohol motifs (C(OH)–C–C–N with tert-alkyl or cyclic N) is 1. The van der Waals surface area contributed by atoms with Gasteiger partial charge in [0.15, 0.2) is 17.2 Å². The van der Waals surface area contributed by atoms with Crippen LogP contribution < -0.4 is 4.90 Å². The van der Waals surface area contributed by atoms with Gasteiger partial charge in [-0.05, 0) is 19.1 Å². The summed E-state index contributed by atoms with van der Waals surface area (Å²) in [5, 5.41) is 22.7. The molecule has 0 aromatic carbocycles. The molecular weight excluding hydrogens is 464 g/mol. The normalized spacial score (nSPS) is 19.5. The first-order valence-corrected chi connectivity index (χ1v) is 9.92. The average molecular weight is 479 g/mol. The fourth-order valence-electron chi connectivity index (χ4n) is 3.61. The molecule has 1 fully saturated rings. The third-order valence-corrected chi connectivity index (χ3v) is 5.42. The van der Waals surface area contributed by atoms with Gasteiger partial charge in [0.05, 0.1) is 16.8 Å². The van der Waals surface area contributed by atoms with Gasteiger partial charge in [-0.2, -0.15) is 28.0 Å². The number of nitrogens with zero attached hydrogens (tertiary/aromatic N) is 6. The number of hydrogen-bond donors (Lipinski definition) is 1. The van der Waals surface area contributed by atoms with E-state index in [4.69, 9.17) is 11.6 Å². The van der Waals surface area contributed by atoms with E-state index in [1.54, 1.807) is 11.8 Å². The highest BCUT2D eigenvalue weighted by atomic mass is 35.5. The summed E-state index contributed by atoms with van der Waals surface area (Å²) in [7, 11) is 0. The average Bonchev–Trinajstić information content (AvgIpc) is 3.10. The van der Waals surface area contributed by atoms with Crippen LogP contribution in [0.15, 0.2) is 46.4 Å². The van der Waals surface area contributed by atoms with E-state index in [-0.39, 0.29) is 46.6 Å². The van der Waals surface area contributed by atoms with E-state index in [1.165, 1.54) is 24.3 Å². The lowest BCUT2D eigenvalue weighted by Crippen LogP contribution is -2.52. The zero-order valence-electron chi connectivity index (χ0n) is 17.0. The zero-order valence-corrected chi connectivity index (χ0v) is 17.8. The number of hydrogen-bond acceptors (Lipinski definition) is 6. The Hall–Kier alpha value is -3.49.